The molecule has 0 saturated heterocycles. The third kappa shape index (κ3) is 8.12. The number of amides is 1. The molecule has 0 saturated carbocycles. The molecule has 2 aromatic carbocycles. The van der Waals surface area contributed by atoms with E-state index in [2.05, 4.69) is 10.3 Å². The number of nitrogens with one attached hydrogen (secondary N) is 2. The van der Waals surface area contributed by atoms with Crippen molar-refractivity contribution < 1.29 is 56.0 Å². The molecule has 38 heavy (non-hydrogen) atoms. The lowest BCUT2D eigenvalue weighted by molar-refractivity contribution is -0.192. The molecule has 1 amide bonds. The second kappa shape index (κ2) is 11.9. The number of aliphatic carboxylic acids is 2. The Labute approximate surface area is 209 Å². The quantitative estimate of drug-likeness (QED) is 0.246. The highest BCUT2D eigenvalue weighted by atomic mass is 19.4. The van der Waals surface area contributed by atoms with Crippen LogP contribution in [0.15, 0.2) is 48.5 Å². The van der Waals surface area contributed by atoms with Crippen LogP contribution in [0.3, 0.4) is 0 Å². The minimum atomic E-state index is -5.08. The summed E-state index contributed by atoms with van der Waals surface area (Å²) in [6.45, 7) is 0. The SMILES string of the molecule is NC(Cc1c(C(F)(F)F)[nH]c2ccccc12)C(=O)N[C@@H](Cc1ccc(O)cc1)C(=O)O.O=C(O)C(F)(F)F. The van der Waals surface area contributed by atoms with Gasteiger partial charge >= 0.3 is 24.3 Å². The van der Waals surface area contributed by atoms with E-state index in [0.29, 0.717) is 5.56 Å². The lowest BCUT2D eigenvalue weighted by Crippen LogP contribution is -2.50. The molecule has 0 bridgehead atoms. The number of phenolic OH excluding ortho intramolecular Hbond substituents is 1. The first-order valence-electron chi connectivity index (χ1n) is 10.5. The van der Waals surface area contributed by atoms with Gasteiger partial charge in [0.1, 0.15) is 17.5 Å². The molecule has 206 valence electrons. The summed E-state index contributed by atoms with van der Waals surface area (Å²) in [5, 5.41) is 28.4. The first-order chi connectivity index (χ1) is 17.5. The first-order valence-corrected chi connectivity index (χ1v) is 10.5. The van der Waals surface area contributed by atoms with Crippen molar-refractivity contribution in [3.63, 3.8) is 0 Å². The fraction of sp³-hybridized carbons (Fsp3) is 0.261. The number of carbonyl (C=O) groups is 3. The van der Waals surface area contributed by atoms with Crippen molar-refractivity contribution in [2.24, 2.45) is 5.73 Å². The maximum Gasteiger partial charge on any atom is 0.490 e. The van der Waals surface area contributed by atoms with Gasteiger partial charge in [-0.3, -0.25) is 4.79 Å². The highest BCUT2D eigenvalue weighted by Gasteiger charge is 2.38. The van der Waals surface area contributed by atoms with Crippen LogP contribution in [0.5, 0.6) is 5.75 Å². The molecule has 2 atom stereocenters. The number of aromatic nitrogens is 1. The van der Waals surface area contributed by atoms with Crippen LogP contribution in [0.4, 0.5) is 26.3 Å². The number of hydrogen-bond acceptors (Lipinski definition) is 5. The van der Waals surface area contributed by atoms with Crippen molar-refractivity contribution in [3.05, 3.63) is 65.4 Å². The van der Waals surface area contributed by atoms with E-state index in [1.807, 2.05) is 0 Å². The smallest absolute Gasteiger partial charge is 0.490 e. The number of aromatic hydroxyl groups is 1. The molecule has 0 aliphatic carbocycles. The number of benzene rings is 2. The van der Waals surface area contributed by atoms with E-state index in [1.54, 1.807) is 12.1 Å². The van der Waals surface area contributed by atoms with Gasteiger partial charge in [-0.2, -0.15) is 26.3 Å². The van der Waals surface area contributed by atoms with Gasteiger partial charge in [0.05, 0.1) is 6.04 Å². The third-order valence-electron chi connectivity index (χ3n) is 5.09. The van der Waals surface area contributed by atoms with Gasteiger partial charge in [-0.15, -0.1) is 0 Å². The molecule has 0 spiro atoms. The van der Waals surface area contributed by atoms with E-state index in [0.717, 1.165) is 0 Å². The zero-order chi connectivity index (χ0) is 28.8. The van der Waals surface area contributed by atoms with E-state index >= 15 is 0 Å². The predicted molar refractivity (Wildman–Crippen MR) is 120 cm³/mol. The summed E-state index contributed by atoms with van der Waals surface area (Å²) in [6, 6.07) is 9.13. The van der Waals surface area contributed by atoms with Crippen LogP contribution in [0, 0.1) is 0 Å². The van der Waals surface area contributed by atoms with Gasteiger partial charge in [-0.05, 0) is 35.7 Å². The van der Waals surface area contributed by atoms with Crippen LogP contribution in [-0.2, 0) is 33.4 Å². The van der Waals surface area contributed by atoms with Crippen LogP contribution in [0.1, 0.15) is 16.8 Å². The second-order valence-electron chi connectivity index (χ2n) is 7.91. The molecule has 1 aromatic heterocycles. The Morgan fingerprint density at radius 2 is 1.47 bits per heavy atom. The van der Waals surface area contributed by atoms with Crippen molar-refractivity contribution in [1.29, 1.82) is 0 Å². The molecule has 3 rings (SSSR count). The molecule has 15 heteroatoms. The van der Waals surface area contributed by atoms with Gasteiger partial charge in [-0.25, -0.2) is 9.59 Å². The van der Waals surface area contributed by atoms with Gasteiger partial charge < -0.3 is 31.4 Å². The molecule has 0 radical (unpaired) electrons. The fourth-order valence-electron chi connectivity index (χ4n) is 3.31. The number of carbonyl (C=O) groups excluding carboxylic acids is 1. The maximum absolute atomic E-state index is 13.5. The summed E-state index contributed by atoms with van der Waals surface area (Å²) < 4.78 is 72.1. The number of carboxylic acids is 2. The van der Waals surface area contributed by atoms with Crippen LogP contribution >= 0.6 is 0 Å². The van der Waals surface area contributed by atoms with Crippen LogP contribution in [0.2, 0.25) is 0 Å². The minimum absolute atomic E-state index is 0.000816. The van der Waals surface area contributed by atoms with Crippen molar-refractivity contribution in [1.82, 2.24) is 10.3 Å². The molecule has 7 N–H and O–H groups in total. The normalized spacial score (nSPS) is 13.2. The minimum Gasteiger partial charge on any atom is -0.508 e. The van der Waals surface area contributed by atoms with Crippen LogP contribution in [0.25, 0.3) is 10.9 Å². The summed E-state index contributed by atoms with van der Waals surface area (Å²) >= 11 is 0. The summed E-state index contributed by atoms with van der Waals surface area (Å²) in [7, 11) is 0. The van der Waals surface area contributed by atoms with E-state index in [9.17, 15) is 46.1 Å². The Bertz CT molecular complexity index is 1290. The van der Waals surface area contributed by atoms with Crippen molar-refractivity contribution in [3.8, 4) is 5.75 Å². The highest BCUT2D eigenvalue weighted by molar-refractivity contribution is 5.89. The maximum atomic E-state index is 13.5. The Morgan fingerprint density at radius 3 is 1.97 bits per heavy atom. The first kappa shape index (κ1) is 30.0. The summed E-state index contributed by atoms with van der Waals surface area (Å²) in [5.74, 6) is -4.96. The predicted octanol–water partition coefficient (Wildman–Crippen LogP) is 3.21. The van der Waals surface area contributed by atoms with E-state index in [4.69, 9.17) is 15.6 Å². The lowest BCUT2D eigenvalue weighted by Gasteiger charge is -2.19. The monoisotopic (exact) mass is 549 g/mol. The summed E-state index contributed by atoms with van der Waals surface area (Å²) in [5.41, 5.74) is 5.50. The van der Waals surface area contributed by atoms with Crippen molar-refractivity contribution >= 4 is 28.7 Å². The van der Waals surface area contributed by atoms with Crippen molar-refractivity contribution in [2.45, 2.75) is 37.3 Å². The molecule has 0 aliphatic rings. The number of halogens is 6. The molecule has 9 nitrogen and oxygen atoms in total. The fourth-order valence-corrected chi connectivity index (χ4v) is 3.31. The zero-order valence-electron chi connectivity index (χ0n) is 19.1. The molecule has 0 aliphatic heterocycles. The topological polar surface area (TPSA) is 166 Å². The highest BCUT2D eigenvalue weighted by Crippen LogP contribution is 2.36. The van der Waals surface area contributed by atoms with E-state index < -0.39 is 54.4 Å². The largest absolute Gasteiger partial charge is 0.508 e. The number of hydrogen-bond donors (Lipinski definition) is 6. The van der Waals surface area contributed by atoms with Gasteiger partial charge in [0.15, 0.2) is 0 Å². The Balaban J connectivity index is 0.000000638. The molecule has 0 fully saturated rings. The van der Waals surface area contributed by atoms with E-state index in [1.165, 1.54) is 36.4 Å². The number of aromatic amines is 1. The molecular formula is C23H21F6N3O6. The summed E-state index contributed by atoms with van der Waals surface area (Å²) in [4.78, 5) is 35.3. The lowest BCUT2D eigenvalue weighted by atomic mass is 10.0. The number of H-pyrrole nitrogens is 1. The average Bonchev–Trinajstić information content (AvgIpc) is 3.18. The van der Waals surface area contributed by atoms with Crippen LogP contribution in [-0.4, -0.2) is 56.4 Å². The molecule has 1 heterocycles. The van der Waals surface area contributed by atoms with E-state index in [-0.39, 0.29) is 28.6 Å². The number of fused-ring (bicyclic) bond motifs is 1. The molecular weight excluding hydrogens is 528 g/mol. The number of carboxylic acid groups (broad SMARTS) is 2. The molecule has 3 aromatic rings. The number of para-hydroxylation sites is 1. The van der Waals surface area contributed by atoms with Gasteiger partial charge in [0, 0.05) is 17.3 Å². The number of rotatable bonds is 7. The Hall–Kier alpha value is -4.27. The second-order valence-corrected chi connectivity index (χ2v) is 7.91. The van der Waals surface area contributed by atoms with Crippen LogP contribution < -0.4 is 11.1 Å². The van der Waals surface area contributed by atoms with Crippen molar-refractivity contribution in [2.75, 3.05) is 0 Å². The molecule has 1 unspecified atom stereocenters. The number of phenols is 1. The Kier molecular flexibility index (Phi) is 9.34. The van der Waals surface area contributed by atoms with Gasteiger partial charge in [-0.1, -0.05) is 30.3 Å². The van der Waals surface area contributed by atoms with Gasteiger partial charge in [0.25, 0.3) is 0 Å². The summed E-state index contributed by atoms with van der Waals surface area (Å²) in [6.07, 6.45) is -10.3. The standard InChI is InChI=1S/C21H20F3N3O4.C2HF3O2/c22-21(23,24)18-14(13-3-1-2-4-16(13)26-18)10-15(25)19(29)27-17(20(30)31)9-11-5-7-12(28)8-6-11;3-2(4,5)1(6)7/h1-8,15,17,26,28H,9-10,25H2,(H,27,29)(H,30,31);(H,6,7)/t15?,17-;/m0./s1. The number of alkyl halides is 6. The number of nitrogens with two attached hydrogens (primary N) is 1. The average molecular weight is 549 g/mol. The zero-order valence-corrected chi connectivity index (χ0v) is 19.1. The third-order valence-corrected chi connectivity index (χ3v) is 5.09. The Morgan fingerprint density at radius 1 is 0.921 bits per heavy atom. The van der Waals surface area contributed by atoms with Gasteiger partial charge in [0.2, 0.25) is 5.91 Å².